The van der Waals surface area contributed by atoms with Crippen molar-refractivity contribution in [2.45, 2.75) is 38.5 Å². The highest BCUT2D eigenvalue weighted by Gasteiger charge is 2.15. The second-order valence-corrected chi connectivity index (χ2v) is 7.83. The van der Waals surface area contributed by atoms with Gasteiger partial charge in [0.1, 0.15) is 0 Å². The zero-order valence-corrected chi connectivity index (χ0v) is 17.3. The Morgan fingerprint density at radius 3 is 2.57 bits per heavy atom. The van der Waals surface area contributed by atoms with Crippen molar-refractivity contribution in [1.82, 2.24) is 14.5 Å². The van der Waals surface area contributed by atoms with E-state index >= 15 is 0 Å². The van der Waals surface area contributed by atoms with Gasteiger partial charge in [-0.15, -0.1) is 0 Å². The fourth-order valence-corrected chi connectivity index (χ4v) is 3.94. The molecule has 0 aliphatic rings. The smallest absolute Gasteiger partial charge is 0.262 e. The van der Waals surface area contributed by atoms with Crippen LogP contribution in [-0.4, -0.2) is 33.2 Å². The number of hydrogen-bond donors (Lipinski definition) is 0. The third kappa shape index (κ3) is 4.62. The Kier molecular flexibility index (Phi) is 6.52. The van der Waals surface area contributed by atoms with E-state index in [2.05, 4.69) is 4.98 Å². The van der Waals surface area contributed by atoms with E-state index in [-0.39, 0.29) is 17.2 Å². The molecule has 146 valence electrons. The van der Waals surface area contributed by atoms with Crippen LogP contribution >= 0.6 is 11.8 Å². The zero-order valence-electron chi connectivity index (χ0n) is 16.5. The molecular weight excluding hydrogens is 370 g/mol. The molecule has 3 aromatic rings. The fourth-order valence-electron chi connectivity index (χ4n) is 2.97. The van der Waals surface area contributed by atoms with Crippen LogP contribution in [0.2, 0.25) is 0 Å². The molecule has 5 nitrogen and oxygen atoms in total. The molecule has 28 heavy (non-hydrogen) atoms. The number of hydrogen-bond acceptors (Lipinski definition) is 4. The van der Waals surface area contributed by atoms with Crippen molar-refractivity contribution in [2.75, 3.05) is 12.8 Å². The van der Waals surface area contributed by atoms with Crippen LogP contribution in [0.1, 0.15) is 24.5 Å². The Morgan fingerprint density at radius 1 is 1.14 bits per heavy atom. The van der Waals surface area contributed by atoms with Crippen molar-refractivity contribution in [2.24, 2.45) is 0 Å². The first-order valence-electron chi connectivity index (χ1n) is 9.41. The van der Waals surface area contributed by atoms with Crippen molar-refractivity contribution in [3.05, 3.63) is 70.0 Å². The monoisotopic (exact) mass is 395 g/mol. The number of aryl methyl sites for hydroxylation is 1. The molecule has 0 fully saturated rings. The van der Waals surface area contributed by atoms with Crippen LogP contribution in [0.15, 0.2) is 58.5 Å². The molecule has 0 radical (unpaired) electrons. The van der Waals surface area contributed by atoms with E-state index < -0.39 is 0 Å². The summed E-state index contributed by atoms with van der Waals surface area (Å²) < 4.78 is 1.68. The van der Waals surface area contributed by atoms with Gasteiger partial charge in [0.05, 0.1) is 16.7 Å². The maximum Gasteiger partial charge on any atom is 0.262 e. The first kappa shape index (κ1) is 20.1. The van der Waals surface area contributed by atoms with Gasteiger partial charge < -0.3 is 4.90 Å². The molecule has 0 N–H and O–H groups in total. The summed E-state index contributed by atoms with van der Waals surface area (Å²) in [5.41, 5.74) is 2.92. The van der Waals surface area contributed by atoms with Crippen molar-refractivity contribution in [1.29, 1.82) is 0 Å². The minimum absolute atomic E-state index is 0.0102. The topological polar surface area (TPSA) is 55.2 Å². The Hall–Kier alpha value is -2.60. The molecular formula is C22H25N3O2S. The zero-order chi connectivity index (χ0) is 20.1. The summed E-state index contributed by atoms with van der Waals surface area (Å²) in [5, 5.41) is 1.21. The Morgan fingerprint density at radius 2 is 1.86 bits per heavy atom. The number of carbonyl (C=O) groups excluding carboxylic acids is 1. The quantitative estimate of drug-likeness (QED) is 0.450. The van der Waals surface area contributed by atoms with Crippen molar-refractivity contribution >= 4 is 28.6 Å². The predicted octanol–water partition coefficient (Wildman–Crippen LogP) is 3.87. The second kappa shape index (κ2) is 9.06. The van der Waals surface area contributed by atoms with Gasteiger partial charge in [-0.2, -0.15) is 0 Å². The number of carbonyl (C=O) groups is 1. The number of thioether (sulfide) groups is 1. The molecule has 1 amide bonds. The molecule has 3 rings (SSSR count). The average Bonchev–Trinajstić information content (AvgIpc) is 2.70. The van der Waals surface area contributed by atoms with E-state index in [0.29, 0.717) is 29.1 Å². The minimum Gasteiger partial charge on any atom is -0.341 e. The number of amides is 1. The lowest BCUT2D eigenvalue weighted by Crippen LogP contribution is -2.29. The number of benzene rings is 2. The molecule has 0 aliphatic heterocycles. The molecule has 1 heterocycles. The summed E-state index contributed by atoms with van der Waals surface area (Å²) >= 11 is 1.33. The number of aromatic nitrogens is 2. The average molecular weight is 396 g/mol. The SMILES string of the molecule is CCCn1c(SCC(=O)N(C)Cc2ccc(C)cc2)nc2ccccc2c1=O. The fraction of sp³-hybridized carbons (Fsp3) is 0.318. The summed E-state index contributed by atoms with van der Waals surface area (Å²) in [6.45, 7) is 5.22. The van der Waals surface area contributed by atoms with Crippen molar-refractivity contribution < 1.29 is 4.79 Å². The number of nitrogens with zero attached hydrogens (tertiary/aromatic N) is 3. The molecule has 0 spiro atoms. The summed E-state index contributed by atoms with van der Waals surface area (Å²) in [6, 6.07) is 15.5. The third-order valence-corrected chi connectivity index (χ3v) is 5.53. The first-order chi connectivity index (χ1) is 13.5. The standard InChI is InChI=1S/C22H25N3O2S/c1-4-13-25-21(27)18-7-5-6-8-19(18)23-22(25)28-15-20(26)24(3)14-17-11-9-16(2)10-12-17/h5-12H,4,13-15H2,1-3H3. The van der Waals surface area contributed by atoms with Gasteiger partial charge in [-0.1, -0.05) is 60.6 Å². The largest absolute Gasteiger partial charge is 0.341 e. The maximum absolute atomic E-state index is 12.8. The van der Waals surface area contributed by atoms with Crippen molar-refractivity contribution in [3.8, 4) is 0 Å². The van der Waals surface area contributed by atoms with Gasteiger partial charge in [-0.25, -0.2) is 4.98 Å². The van der Waals surface area contributed by atoms with Crippen LogP contribution in [0.3, 0.4) is 0 Å². The lowest BCUT2D eigenvalue weighted by molar-refractivity contribution is -0.127. The second-order valence-electron chi connectivity index (χ2n) is 6.89. The minimum atomic E-state index is -0.0459. The molecule has 1 aromatic heterocycles. The van der Waals surface area contributed by atoms with Gasteiger partial charge >= 0.3 is 0 Å². The van der Waals surface area contributed by atoms with E-state index in [1.165, 1.54) is 17.3 Å². The molecule has 0 unspecified atom stereocenters. The summed E-state index contributed by atoms with van der Waals surface area (Å²) in [4.78, 5) is 31.7. The highest BCUT2D eigenvalue weighted by atomic mass is 32.2. The molecule has 0 aliphatic carbocycles. The molecule has 0 saturated heterocycles. The van der Waals surface area contributed by atoms with Crippen LogP contribution < -0.4 is 5.56 Å². The summed E-state index contributed by atoms with van der Waals surface area (Å²) in [5.74, 6) is 0.257. The number of para-hydroxylation sites is 1. The van der Waals surface area contributed by atoms with E-state index in [4.69, 9.17) is 0 Å². The van der Waals surface area contributed by atoms with Gasteiger partial charge in [-0.05, 0) is 31.0 Å². The highest BCUT2D eigenvalue weighted by molar-refractivity contribution is 7.99. The van der Waals surface area contributed by atoms with Gasteiger partial charge in [0.25, 0.3) is 5.56 Å². The number of rotatable bonds is 7. The molecule has 6 heteroatoms. The Balaban J connectivity index is 1.74. The Bertz CT molecular complexity index is 1030. The normalized spacial score (nSPS) is 11.0. The van der Waals surface area contributed by atoms with Gasteiger partial charge in [-0.3, -0.25) is 14.2 Å². The molecule has 0 atom stereocenters. The van der Waals surface area contributed by atoms with Gasteiger partial charge in [0.2, 0.25) is 5.91 Å². The van der Waals surface area contributed by atoms with Crippen LogP contribution in [0.5, 0.6) is 0 Å². The molecule has 0 bridgehead atoms. The predicted molar refractivity (Wildman–Crippen MR) is 115 cm³/mol. The molecule has 0 saturated carbocycles. The third-order valence-electron chi connectivity index (χ3n) is 4.56. The van der Waals surface area contributed by atoms with E-state index in [0.717, 1.165) is 12.0 Å². The van der Waals surface area contributed by atoms with Gasteiger partial charge in [0, 0.05) is 20.1 Å². The Labute approximate surface area is 169 Å². The van der Waals surface area contributed by atoms with E-state index in [9.17, 15) is 9.59 Å². The van der Waals surface area contributed by atoms with Crippen molar-refractivity contribution in [3.63, 3.8) is 0 Å². The van der Waals surface area contributed by atoms with E-state index in [1.807, 2.05) is 56.3 Å². The first-order valence-corrected chi connectivity index (χ1v) is 10.4. The molecule has 2 aromatic carbocycles. The summed E-state index contributed by atoms with van der Waals surface area (Å²) in [7, 11) is 1.80. The van der Waals surface area contributed by atoms with Crippen LogP contribution in [-0.2, 0) is 17.9 Å². The van der Waals surface area contributed by atoms with E-state index in [1.54, 1.807) is 22.6 Å². The lowest BCUT2D eigenvalue weighted by Gasteiger charge is -2.18. The van der Waals surface area contributed by atoms with Gasteiger partial charge in [0.15, 0.2) is 5.16 Å². The van der Waals surface area contributed by atoms with Crippen LogP contribution in [0.25, 0.3) is 10.9 Å². The van der Waals surface area contributed by atoms with Crippen LogP contribution in [0.4, 0.5) is 0 Å². The number of fused-ring (bicyclic) bond motifs is 1. The lowest BCUT2D eigenvalue weighted by atomic mass is 10.1. The summed E-state index contributed by atoms with van der Waals surface area (Å²) in [6.07, 6.45) is 0.828. The maximum atomic E-state index is 12.8. The van der Waals surface area contributed by atoms with Crippen LogP contribution in [0, 0.1) is 6.92 Å². The highest BCUT2D eigenvalue weighted by Crippen LogP contribution is 2.19.